The Kier molecular flexibility index (Phi) is 2.36. The minimum atomic E-state index is -0.894. The highest BCUT2D eigenvalue weighted by Gasteiger charge is 2.21. The molecule has 0 aliphatic rings. The number of hydrogen-bond acceptors (Lipinski definition) is 8. The maximum Gasteiger partial charge on any atom is 0.271 e. The van der Waals surface area contributed by atoms with Gasteiger partial charge >= 0.3 is 0 Å². The molecule has 5 rings (SSSR count). The van der Waals surface area contributed by atoms with Gasteiger partial charge in [0, 0.05) is 0 Å². The molecule has 4 aromatic heterocycles. The molecule has 0 spiro atoms. The van der Waals surface area contributed by atoms with Crippen molar-refractivity contribution in [2.24, 2.45) is 0 Å². The van der Waals surface area contributed by atoms with Gasteiger partial charge in [-0.05, 0) is 24.3 Å². The molecule has 26 heavy (non-hydrogen) atoms. The van der Waals surface area contributed by atoms with Crippen molar-refractivity contribution in [1.82, 2.24) is 18.8 Å². The number of hydrogen-bond donors (Lipinski definition) is 2. The molecular formula is C16H6N6O4. The predicted octanol–water partition coefficient (Wildman–Crippen LogP) is -2.00. The number of nitrogens with zero attached hydrogens (tertiary/aromatic N) is 4. The fourth-order valence-electron chi connectivity index (χ4n) is 3.20. The van der Waals surface area contributed by atoms with Crippen molar-refractivity contribution < 1.29 is 0 Å². The lowest BCUT2D eigenvalue weighted by molar-refractivity contribution is 0.980. The van der Waals surface area contributed by atoms with E-state index in [0.717, 1.165) is 8.80 Å². The van der Waals surface area contributed by atoms with Crippen LogP contribution in [0.4, 0.5) is 0 Å². The second-order valence-corrected chi connectivity index (χ2v) is 5.76. The van der Waals surface area contributed by atoms with E-state index in [2.05, 4.69) is 9.97 Å². The molecule has 1 aromatic carbocycles. The van der Waals surface area contributed by atoms with Gasteiger partial charge in [-0.25, -0.2) is 18.8 Å². The molecule has 0 unspecified atom stereocenters. The van der Waals surface area contributed by atoms with E-state index in [1.807, 2.05) is 0 Å². The minimum Gasteiger partial charge on any atom is -0.287 e. The van der Waals surface area contributed by atoms with Gasteiger partial charge < -0.3 is 0 Å². The Hall–Kier alpha value is -4.08. The monoisotopic (exact) mass is 346 g/mol. The third kappa shape index (κ3) is 1.46. The number of nitrogens with one attached hydrogen (secondary N) is 2. The van der Waals surface area contributed by atoms with E-state index in [4.69, 9.17) is 10.8 Å². The van der Waals surface area contributed by atoms with Crippen LogP contribution in [0.3, 0.4) is 0 Å². The summed E-state index contributed by atoms with van der Waals surface area (Å²) < 4.78 is 1.82. The van der Waals surface area contributed by atoms with Crippen molar-refractivity contribution in [2.75, 3.05) is 0 Å². The molecule has 5 aromatic rings. The summed E-state index contributed by atoms with van der Waals surface area (Å²) >= 11 is 0. The third-order valence-electron chi connectivity index (χ3n) is 4.37. The summed E-state index contributed by atoms with van der Waals surface area (Å²) in [6.07, 6.45) is 0. The summed E-state index contributed by atoms with van der Waals surface area (Å²) in [5.41, 5.74) is -4.65. The largest absolute Gasteiger partial charge is 0.287 e. The zero-order valence-electron chi connectivity index (χ0n) is 12.7. The average Bonchev–Trinajstić information content (AvgIpc) is 3.16. The highest BCUT2D eigenvalue weighted by Crippen LogP contribution is 2.07. The van der Waals surface area contributed by atoms with Crippen LogP contribution in [-0.2, 0) is 0 Å². The topological polar surface area (TPSA) is 151 Å². The van der Waals surface area contributed by atoms with Crippen LogP contribution in [-0.4, -0.2) is 18.8 Å². The lowest BCUT2D eigenvalue weighted by Gasteiger charge is -2.01. The maximum absolute atomic E-state index is 12.8. The van der Waals surface area contributed by atoms with E-state index < -0.39 is 43.8 Å². The lowest BCUT2D eigenvalue weighted by atomic mass is 10.1. The highest BCUT2D eigenvalue weighted by molar-refractivity contribution is 5.94. The van der Waals surface area contributed by atoms with Crippen molar-refractivity contribution in [3.05, 3.63) is 76.4 Å². The van der Waals surface area contributed by atoms with Gasteiger partial charge in [0.1, 0.15) is 44.1 Å². The molecule has 10 heteroatoms. The quantitative estimate of drug-likeness (QED) is 0.310. The molecule has 0 radical (unpaired) electrons. The van der Waals surface area contributed by atoms with Gasteiger partial charge in [-0.15, -0.1) is 0 Å². The van der Waals surface area contributed by atoms with Crippen molar-refractivity contribution in [2.45, 2.75) is 0 Å². The van der Waals surface area contributed by atoms with Crippen LogP contribution in [0.1, 0.15) is 0 Å². The molecule has 0 aliphatic carbocycles. The molecule has 0 bridgehead atoms. The van der Waals surface area contributed by atoms with Crippen LogP contribution in [0.25, 0.3) is 33.1 Å². The van der Waals surface area contributed by atoms with Gasteiger partial charge in [-0.2, -0.15) is 0 Å². The number of fused-ring (bicyclic) bond motifs is 4. The highest BCUT2D eigenvalue weighted by atomic mass is 16.2. The van der Waals surface area contributed by atoms with Gasteiger partial charge in [0.2, 0.25) is 10.9 Å². The molecule has 124 valence electrons. The fraction of sp³-hybridized carbons (Fsp3) is 0. The Morgan fingerprint density at radius 1 is 0.654 bits per heavy atom. The van der Waals surface area contributed by atoms with Crippen LogP contribution >= 0.6 is 0 Å². The summed E-state index contributed by atoms with van der Waals surface area (Å²) in [5.74, 6) is 0. The first-order valence-electron chi connectivity index (χ1n) is 7.37. The first-order chi connectivity index (χ1) is 12.4. The molecule has 0 fully saturated rings. The predicted molar refractivity (Wildman–Crippen MR) is 89.3 cm³/mol. The molecule has 0 amide bonds. The SMILES string of the molecule is N=c1ccc2nc3c(=O)c4c(=O)n5c(=N)ccc5nc4c(=O)c3c(=O)n12. The molecule has 10 nitrogen and oxygen atoms in total. The van der Waals surface area contributed by atoms with E-state index in [0.29, 0.717) is 0 Å². The second-order valence-electron chi connectivity index (χ2n) is 5.76. The van der Waals surface area contributed by atoms with Crippen LogP contribution in [0, 0.1) is 10.8 Å². The average molecular weight is 346 g/mol. The smallest absolute Gasteiger partial charge is 0.271 e. The number of aromatic nitrogens is 4. The zero-order valence-corrected chi connectivity index (χ0v) is 12.7. The first kappa shape index (κ1) is 14.3. The van der Waals surface area contributed by atoms with Gasteiger partial charge in [0.15, 0.2) is 0 Å². The van der Waals surface area contributed by atoms with E-state index >= 15 is 0 Å². The number of benzene rings is 1. The summed E-state index contributed by atoms with van der Waals surface area (Å²) in [7, 11) is 0. The Morgan fingerprint density at radius 2 is 1.04 bits per heavy atom. The normalized spacial score (nSPS) is 12.0. The molecule has 0 saturated heterocycles. The summed E-state index contributed by atoms with van der Waals surface area (Å²) in [6.45, 7) is 0. The van der Waals surface area contributed by atoms with Gasteiger partial charge in [-0.1, -0.05) is 0 Å². The Labute approximate surface area is 139 Å². The van der Waals surface area contributed by atoms with Crippen molar-refractivity contribution in [3.63, 3.8) is 0 Å². The molecule has 0 atom stereocenters. The number of rotatable bonds is 0. The second kappa shape index (κ2) is 4.30. The van der Waals surface area contributed by atoms with E-state index in [1.54, 1.807) is 0 Å². The summed E-state index contributed by atoms with van der Waals surface area (Å²) in [4.78, 5) is 59.0. The Bertz CT molecular complexity index is 1620. The van der Waals surface area contributed by atoms with Gasteiger partial charge in [-0.3, -0.25) is 30.0 Å². The molecule has 2 N–H and O–H groups in total. The van der Waals surface area contributed by atoms with E-state index in [9.17, 15) is 19.2 Å². The maximum atomic E-state index is 12.8. The Morgan fingerprint density at radius 3 is 1.42 bits per heavy atom. The van der Waals surface area contributed by atoms with E-state index in [-0.39, 0.29) is 22.3 Å². The minimum absolute atomic E-state index is 0.0342. The molecular weight excluding hydrogens is 340 g/mol. The van der Waals surface area contributed by atoms with Crippen LogP contribution in [0.5, 0.6) is 0 Å². The summed E-state index contributed by atoms with van der Waals surface area (Å²) in [6, 6.07) is 5.35. The van der Waals surface area contributed by atoms with Crippen LogP contribution < -0.4 is 33.0 Å². The standard InChI is InChI=1S/C16H6N6O4/c17-5-1-3-7-19-11-9(15(25)21(5)7)13(23)12-10(14(11)24)16(26)22-6(18)2-4-8(22)20-12/h1-4,17-18H. The van der Waals surface area contributed by atoms with Crippen molar-refractivity contribution >= 4 is 33.1 Å². The lowest BCUT2D eigenvalue weighted by Crippen LogP contribution is -2.34. The summed E-state index contributed by atoms with van der Waals surface area (Å²) in [5, 5.41) is 14.5. The van der Waals surface area contributed by atoms with Crippen LogP contribution in [0.15, 0.2) is 43.4 Å². The molecule has 0 aliphatic heterocycles. The van der Waals surface area contributed by atoms with Crippen molar-refractivity contribution in [1.29, 1.82) is 10.8 Å². The zero-order chi connectivity index (χ0) is 18.3. The van der Waals surface area contributed by atoms with Crippen LogP contribution in [0.2, 0.25) is 0 Å². The van der Waals surface area contributed by atoms with Gasteiger partial charge in [0.25, 0.3) is 11.1 Å². The van der Waals surface area contributed by atoms with Crippen molar-refractivity contribution in [3.8, 4) is 0 Å². The van der Waals surface area contributed by atoms with E-state index in [1.165, 1.54) is 24.3 Å². The first-order valence-corrected chi connectivity index (χ1v) is 7.37. The Balaban J connectivity index is 2.26. The fourth-order valence-corrected chi connectivity index (χ4v) is 3.20. The van der Waals surface area contributed by atoms with Gasteiger partial charge in [0.05, 0.1) is 0 Å². The molecule has 0 saturated carbocycles. The molecule has 4 heterocycles. The third-order valence-corrected chi connectivity index (χ3v) is 4.37.